The number of nitrogens with one attached hydrogen (secondary N) is 1. The fourth-order valence-corrected chi connectivity index (χ4v) is 5.74. The number of para-hydroxylation sites is 1. The molecule has 41 heavy (non-hydrogen) atoms. The Balaban J connectivity index is 1.39. The minimum atomic E-state index is -0.0782. The average Bonchev–Trinajstić information content (AvgIpc) is 3.04. The molecule has 1 aliphatic rings. The maximum absolute atomic E-state index is 14.3. The Morgan fingerprint density at radius 1 is 0.829 bits per heavy atom. The van der Waals surface area contributed by atoms with E-state index in [1.54, 1.807) is 0 Å². The lowest BCUT2D eigenvalue weighted by molar-refractivity contribution is 0.0935. The predicted octanol–water partition coefficient (Wildman–Crippen LogP) is 6.50. The molecule has 0 aliphatic carbocycles. The predicted molar refractivity (Wildman–Crippen MR) is 166 cm³/mol. The van der Waals surface area contributed by atoms with Crippen molar-refractivity contribution in [3.05, 3.63) is 126 Å². The van der Waals surface area contributed by atoms with Crippen LogP contribution in [0.3, 0.4) is 0 Å². The lowest BCUT2D eigenvalue weighted by Crippen LogP contribution is -2.46. The molecule has 3 aromatic carbocycles. The van der Waals surface area contributed by atoms with Crippen molar-refractivity contribution in [3.63, 3.8) is 0 Å². The third-order valence-corrected chi connectivity index (χ3v) is 7.91. The molecule has 0 unspecified atom stereocenters. The summed E-state index contributed by atoms with van der Waals surface area (Å²) in [5, 5.41) is 4.26. The third kappa shape index (κ3) is 5.83. The largest absolute Gasteiger partial charge is 0.354 e. The van der Waals surface area contributed by atoms with Crippen LogP contribution >= 0.6 is 0 Å². The number of carbonyl (C=O) groups excluding carboxylic acids is 1. The van der Waals surface area contributed by atoms with Gasteiger partial charge < -0.3 is 10.2 Å². The number of rotatable bonds is 8. The van der Waals surface area contributed by atoms with Crippen LogP contribution in [0.1, 0.15) is 40.9 Å². The summed E-state index contributed by atoms with van der Waals surface area (Å²) in [6.45, 7) is 6.27. The summed E-state index contributed by atoms with van der Waals surface area (Å²) >= 11 is 0. The third-order valence-electron chi connectivity index (χ3n) is 7.91. The number of fused-ring (bicyclic) bond motifs is 1. The van der Waals surface area contributed by atoms with Crippen LogP contribution in [0, 0.1) is 0 Å². The lowest BCUT2D eigenvalue weighted by Gasteiger charge is -2.36. The van der Waals surface area contributed by atoms with Crippen molar-refractivity contribution >= 4 is 22.6 Å². The van der Waals surface area contributed by atoms with Crippen LogP contribution in [0.4, 0.5) is 5.82 Å². The van der Waals surface area contributed by atoms with Crippen LogP contribution < -0.4 is 10.2 Å². The molecule has 2 aromatic heterocycles. The van der Waals surface area contributed by atoms with E-state index in [2.05, 4.69) is 57.4 Å². The fourth-order valence-electron chi connectivity index (χ4n) is 5.74. The zero-order valence-electron chi connectivity index (χ0n) is 23.4. The normalized spacial score (nSPS) is 14.6. The molecular weight excluding hydrogens is 506 g/mol. The van der Waals surface area contributed by atoms with Crippen molar-refractivity contribution in [2.24, 2.45) is 0 Å². The van der Waals surface area contributed by atoms with Gasteiger partial charge in [-0.3, -0.25) is 9.69 Å². The van der Waals surface area contributed by atoms with E-state index < -0.39 is 0 Å². The highest BCUT2D eigenvalue weighted by atomic mass is 16.1. The molecule has 1 aliphatic heterocycles. The van der Waals surface area contributed by atoms with E-state index in [0.717, 1.165) is 77.3 Å². The van der Waals surface area contributed by atoms with E-state index in [1.165, 1.54) is 0 Å². The highest BCUT2D eigenvalue weighted by Gasteiger charge is 2.26. The first-order valence-corrected chi connectivity index (χ1v) is 14.4. The van der Waals surface area contributed by atoms with Gasteiger partial charge in [-0.05, 0) is 30.2 Å². The molecule has 1 N–H and O–H groups in total. The molecule has 0 bridgehead atoms. The molecule has 6 rings (SSSR count). The average molecular weight is 542 g/mol. The Morgan fingerprint density at radius 3 is 2.22 bits per heavy atom. The smallest absolute Gasteiger partial charge is 0.252 e. The maximum Gasteiger partial charge on any atom is 0.252 e. The number of carbonyl (C=O) groups is 1. The Kier molecular flexibility index (Phi) is 8.01. The van der Waals surface area contributed by atoms with Gasteiger partial charge in [0.2, 0.25) is 0 Å². The summed E-state index contributed by atoms with van der Waals surface area (Å²) in [6.07, 6.45) is 2.65. The highest BCUT2D eigenvalue weighted by Crippen LogP contribution is 2.32. The van der Waals surface area contributed by atoms with E-state index >= 15 is 0 Å². The minimum absolute atomic E-state index is 0.0568. The van der Waals surface area contributed by atoms with Crippen molar-refractivity contribution in [1.29, 1.82) is 0 Å². The van der Waals surface area contributed by atoms with Crippen molar-refractivity contribution in [2.45, 2.75) is 25.9 Å². The first-order chi connectivity index (χ1) is 20.2. The van der Waals surface area contributed by atoms with Crippen LogP contribution in [-0.4, -0.2) is 47.0 Å². The molecule has 1 atom stereocenters. The molecule has 6 nitrogen and oxygen atoms in total. The number of benzene rings is 3. The number of aromatic nitrogens is 2. The molecule has 0 spiro atoms. The van der Waals surface area contributed by atoms with Gasteiger partial charge in [0, 0.05) is 55.4 Å². The Hall–Kier alpha value is -4.55. The second kappa shape index (κ2) is 12.3. The monoisotopic (exact) mass is 541 g/mol. The summed E-state index contributed by atoms with van der Waals surface area (Å²) in [4.78, 5) is 28.8. The van der Waals surface area contributed by atoms with E-state index in [-0.39, 0.29) is 11.9 Å². The lowest BCUT2D eigenvalue weighted by atomic mass is 9.94. The second-order valence-electron chi connectivity index (χ2n) is 10.5. The van der Waals surface area contributed by atoms with Gasteiger partial charge in [-0.2, -0.15) is 0 Å². The summed E-state index contributed by atoms with van der Waals surface area (Å²) in [5.74, 6) is 0.953. The number of anilines is 1. The Bertz CT molecular complexity index is 1600. The van der Waals surface area contributed by atoms with Gasteiger partial charge >= 0.3 is 0 Å². The molecule has 3 heterocycles. The number of hydrogen-bond acceptors (Lipinski definition) is 5. The molecule has 0 saturated carbocycles. The van der Waals surface area contributed by atoms with Gasteiger partial charge in [0.25, 0.3) is 5.91 Å². The second-order valence-corrected chi connectivity index (χ2v) is 10.5. The van der Waals surface area contributed by atoms with Gasteiger partial charge in [0.15, 0.2) is 0 Å². The highest BCUT2D eigenvalue weighted by molar-refractivity contribution is 6.09. The van der Waals surface area contributed by atoms with Crippen LogP contribution in [0.15, 0.2) is 109 Å². The van der Waals surface area contributed by atoms with Gasteiger partial charge in [-0.25, -0.2) is 9.97 Å². The molecule has 1 amide bonds. The molecular formula is C35H35N5O. The summed E-state index contributed by atoms with van der Waals surface area (Å²) in [5.41, 5.74) is 5.52. The molecule has 1 fully saturated rings. The van der Waals surface area contributed by atoms with Crippen LogP contribution in [0.5, 0.6) is 0 Å². The van der Waals surface area contributed by atoms with Crippen LogP contribution in [0.2, 0.25) is 0 Å². The maximum atomic E-state index is 14.3. The summed E-state index contributed by atoms with van der Waals surface area (Å²) in [6, 6.07) is 34.4. The van der Waals surface area contributed by atoms with E-state index in [9.17, 15) is 4.79 Å². The quantitative estimate of drug-likeness (QED) is 0.243. The van der Waals surface area contributed by atoms with Gasteiger partial charge in [0.1, 0.15) is 5.82 Å². The van der Waals surface area contributed by atoms with Crippen LogP contribution in [0.25, 0.3) is 22.2 Å². The first-order valence-electron chi connectivity index (χ1n) is 14.4. The first kappa shape index (κ1) is 26.7. The van der Waals surface area contributed by atoms with Gasteiger partial charge in [-0.1, -0.05) is 91.9 Å². The SMILES string of the molecule is CC[C@H](NC(=O)c1c(CN2CCN(c3ccccn3)CC2)c(-c2ccccc2)nc2ccccc12)c1ccccc1. The van der Waals surface area contributed by atoms with Gasteiger partial charge in [0.05, 0.1) is 22.8 Å². The number of hydrogen-bond donors (Lipinski definition) is 1. The molecule has 0 radical (unpaired) electrons. The molecule has 206 valence electrons. The summed E-state index contributed by atoms with van der Waals surface area (Å²) < 4.78 is 0. The number of piperazine rings is 1. The fraction of sp³-hybridized carbons (Fsp3) is 0.229. The number of amides is 1. The van der Waals surface area contributed by atoms with Crippen molar-refractivity contribution in [2.75, 3.05) is 31.1 Å². The number of pyridine rings is 2. The molecule has 1 saturated heterocycles. The van der Waals surface area contributed by atoms with Crippen LogP contribution in [-0.2, 0) is 6.54 Å². The van der Waals surface area contributed by atoms with Crippen molar-refractivity contribution in [1.82, 2.24) is 20.2 Å². The molecule has 6 heteroatoms. The van der Waals surface area contributed by atoms with Crippen molar-refractivity contribution < 1.29 is 4.79 Å². The van der Waals surface area contributed by atoms with E-state index in [0.29, 0.717) is 6.54 Å². The van der Waals surface area contributed by atoms with E-state index in [1.807, 2.05) is 79.0 Å². The minimum Gasteiger partial charge on any atom is -0.354 e. The standard InChI is InChI=1S/C35H35N5O/c1-2-30(26-13-5-3-6-14-26)38-35(41)33-28-17-9-10-18-31(28)37-34(27-15-7-4-8-16-27)29(33)25-39-21-23-40(24-22-39)32-19-11-12-20-36-32/h3-20,30H,2,21-25H2,1H3,(H,38,41)/t30-/m0/s1. The molecule has 5 aromatic rings. The van der Waals surface area contributed by atoms with Crippen molar-refractivity contribution in [3.8, 4) is 11.3 Å². The number of nitrogens with zero attached hydrogens (tertiary/aromatic N) is 4. The topological polar surface area (TPSA) is 61.4 Å². The van der Waals surface area contributed by atoms with Gasteiger partial charge in [-0.15, -0.1) is 0 Å². The Labute approximate surface area is 241 Å². The zero-order chi connectivity index (χ0) is 28.0. The van der Waals surface area contributed by atoms with E-state index in [4.69, 9.17) is 4.98 Å². The summed E-state index contributed by atoms with van der Waals surface area (Å²) in [7, 11) is 0. The zero-order valence-corrected chi connectivity index (χ0v) is 23.4. The Morgan fingerprint density at radius 2 is 1.51 bits per heavy atom.